The summed E-state index contributed by atoms with van der Waals surface area (Å²) in [5.74, 6) is 0.0176. The Hall–Kier alpha value is -2.00. The fourth-order valence-electron chi connectivity index (χ4n) is 2.50. The SMILES string of the molecule is CCc1cccc(C)c1NCCC(=O)NCc1ccccc1Cl. The van der Waals surface area contributed by atoms with Gasteiger partial charge in [0.15, 0.2) is 0 Å². The van der Waals surface area contributed by atoms with E-state index in [0.29, 0.717) is 24.5 Å². The molecule has 3 nitrogen and oxygen atoms in total. The van der Waals surface area contributed by atoms with Crippen molar-refractivity contribution in [2.45, 2.75) is 33.2 Å². The molecule has 2 aromatic rings. The van der Waals surface area contributed by atoms with Crippen LogP contribution < -0.4 is 10.6 Å². The molecule has 2 aromatic carbocycles. The van der Waals surface area contributed by atoms with Gasteiger partial charge >= 0.3 is 0 Å². The van der Waals surface area contributed by atoms with E-state index < -0.39 is 0 Å². The van der Waals surface area contributed by atoms with E-state index in [1.165, 1.54) is 11.1 Å². The van der Waals surface area contributed by atoms with Gasteiger partial charge in [0, 0.05) is 30.2 Å². The lowest BCUT2D eigenvalue weighted by molar-refractivity contribution is -0.121. The summed E-state index contributed by atoms with van der Waals surface area (Å²) in [5, 5.41) is 6.97. The third-order valence-electron chi connectivity index (χ3n) is 3.83. The molecule has 0 saturated heterocycles. The number of carbonyl (C=O) groups excluding carboxylic acids is 1. The summed E-state index contributed by atoms with van der Waals surface area (Å²) in [6.45, 7) is 5.30. The molecule has 1 amide bonds. The molecule has 2 N–H and O–H groups in total. The van der Waals surface area contributed by atoms with Crippen molar-refractivity contribution in [3.63, 3.8) is 0 Å². The highest BCUT2D eigenvalue weighted by atomic mass is 35.5. The van der Waals surface area contributed by atoms with Crippen LogP contribution in [-0.2, 0) is 17.8 Å². The monoisotopic (exact) mass is 330 g/mol. The maximum Gasteiger partial charge on any atom is 0.222 e. The second-order valence-electron chi connectivity index (χ2n) is 5.51. The molecule has 23 heavy (non-hydrogen) atoms. The van der Waals surface area contributed by atoms with Crippen LogP contribution in [0.25, 0.3) is 0 Å². The molecule has 0 saturated carbocycles. The molecule has 0 aliphatic heterocycles. The molecule has 0 aliphatic carbocycles. The van der Waals surface area contributed by atoms with E-state index in [1.807, 2.05) is 24.3 Å². The second-order valence-corrected chi connectivity index (χ2v) is 5.91. The number of hydrogen-bond donors (Lipinski definition) is 2. The number of nitrogens with one attached hydrogen (secondary N) is 2. The molecular formula is C19H23ClN2O. The summed E-state index contributed by atoms with van der Waals surface area (Å²) >= 11 is 6.08. The second kappa shape index (κ2) is 8.59. The van der Waals surface area contributed by atoms with Gasteiger partial charge in [-0.05, 0) is 36.1 Å². The van der Waals surface area contributed by atoms with E-state index in [4.69, 9.17) is 11.6 Å². The van der Waals surface area contributed by atoms with Crippen LogP contribution in [0.1, 0.15) is 30.0 Å². The molecule has 0 aromatic heterocycles. The Labute approximate surface area is 143 Å². The summed E-state index contributed by atoms with van der Waals surface area (Å²) in [4.78, 5) is 12.0. The summed E-state index contributed by atoms with van der Waals surface area (Å²) in [6, 6.07) is 13.8. The van der Waals surface area contributed by atoms with Gasteiger partial charge in [-0.1, -0.05) is 54.9 Å². The molecule has 0 bridgehead atoms. The number of benzene rings is 2. The van der Waals surface area contributed by atoms with Crippen molar-refractivity contribution in [1.29, 1.82) is 0 Å². The third-order valence-corrected chi connectivity index (χ3v) is 4.20. The van der Waals surface area contributed by atoms with Gasteiger partial charge in [-0.25, -0.2) is 0 Å². The molecule has 0 heterocycles. The predicted molar refractivity (Wildman–Crippen MR) is 97.0 cm³/mol. The van der Waals surface area contributed by atoms with Crippen LogP contribution in [-0.4, -0.2) is 12.5 Å². The van der Waals surface area contributed by atoms with Crippen molar-refractivity contribution in [1.82, 2.24) is 5.32 Å². The lowest BCUT2D eigenvalue weighted by Gasteiger charge is -2.14. The lowest BCUT2D eigenvalue weighted by Crippen LogP contribution is -2.25. The van der Waals surface area contributed by atoms with Crippen LogP contribution in [0.15, 0.2) is 42.5 Å². The van der Waals surface area contributed by atoms with Crippen molar-refractivity contribution in [3.05, 3.63) is 64.2 Å². The third kappa shape index (κ3) is 5.00. The minimum absolute atomic E-state index is 0.0176. The molecule has 0 aliphatic rings. The van der Waals surface area contributed by atoms with Crippen molar-refractivity contribution in [2.75, 3.05) is 11.9 Å². The number of aryl methyl sites for hydroxylation is 2. The lowest BCUT2D eigenvalue weighted by atomic mass is 10.1. The zero-order valence-electron chi connectivity index (χ0n) is 13.7. The number of carbonyl (C=O) groups is 1. The highest BCUT2D eigenvalue weighted by molar-refractivity contribution is 6.31. The zero-order valence-corrected chi connectivity index (χ0v) is 14.4. The van der Waals surface area contributed by atoms with Crippen LogP contribution in [0.4, 0.5) is 5.69 Å². The minimum Gasteiger partial charge on any atom is -0.384 e. The Kier molecular flexibility index (Phi) is 6.48. The molecule has 0 unspecified atom stereocenters. The molecule has 122 valence electrons. The fraction of sp³-hybridized carbons (Fsp3) is 0.316. The first-order valence-corrected chi connectivity index (χ1v) is 8.32. The Morgan fingerprint density at radius 3 is 2.57 bits per heavy atom. The van der Waals surface area contributed by atoms with Crippen LogP contribution >= 0.6 is 11.6 Å². The van der Waals surface area contributed by atoms with E-state index in [2.05, 4.69) is 42.7 Å². The number of anilines is 1. The van der Waals surface area contributed by atoms with E-state index in [1.54, 1.807) is 0 Å². The van der Waals surface area contributed by atoms with E-state index >= 15 is 0 Å². The summed E-state index contributed by atoms with van der Waals surface area (Å²) in [6.07, 6.45) is 1.41. The maximum absolute atomic E-state index is 12.0. The van der Waals surface area contributed by atoms with Crippen molar-refractivity contribution < 1.29 is 4.79 Å². The smallest absolute Gasteiger partial charge is 0.222 e. The topological polar surface area (TPSA) is 41.1 Å². The standard InChI is InChI=1S/C19H23ClN2O/c1-3-15-9-6-7-14(2)19(15)21-12-11-18(23)22-13-16-8-4-5-10-17(16)20/h4-10,21H,3,11-13H2,1-2H3,(H,22,23). The molecular weight excluding hydrogens is 308 g/mol. The normalized spacial score (nSPS) is 10.4. The Morgan fingerprint density at radius 1 is 1.09 bits per heavy atom. The first kappa shape index (κ1) is 17.4. The number of halogens is 1. The summed E-state index contributed by atoms with van der Waals surface area (Å²) in [7, 11) is 0. The van der Waals surface area contributed by atoms with Crippen molar-refractivity contribution in [3.8, 4) is 0 Å². The van der Waals surface area contributed by atoms with Crippen molar-refractivity contribution in [2.24, 2.45) is 0 Å². The van der Waals surface area contributed by atoms with Gasteiger partial charge in [0.1, 0.15) is 0 Å². The molecule has 0 atom stereocenters. The predicted octanol–water partition coefficient (Wildman–Crippen LogP) is 4.33. The maximum atomic E-state index is 12.0. The van der Waals surface area contributed by atoms with Crippen LogP contribution in [0.3, 0.4) is 0 Å². The Balaban J connectivity index is 1.80. The van der Waals surface area contributed by atoms with Gasteiger partial charge in [0.05, 0.1) is 0 Å². The van der Waals surface area contributed by atoms with Gasteiger partial charge in [0.25, 0.3) is 0 Å². The van der Waals surface area contributed by atoms with Crippen molar-refractivity contribution >= 4 is 23.2 Å². The molecule has 4 heteroatoms. The van der Waals surface area contributed by atoms with Gasteiger partial charge in [-0.15, -0.1) is 0 Å². The van der Waals surface area contributed by atoms with E-state index in [9.17, 15) is 4.79 Å². The first-order valence-electron chi connectivity index (χ1n) is 7.94. The first-order chi connectivity index (χ1) is 11.1. The molecule has 0 fully saturated rings. The van der Waals surface area contributed by atoms with Crippen LogP contribution in [0, 0.1) is 6.92 Å². The Morgan fingerprint density at radius 2 is 1.83 bits per heavy atom. The number of hydrogen-bond acceptors (Lipinski definition) is 2. The highest BCUT2D eigenvalue weighted by Crippen LogP contribution is 2.20. The molecule has 0 spiro atoms. The van der Waals surface area contributed by atoms with E-state index in [-0.39, 0.29) is 5.91 Å². The Bertz CT molecular complexity index is 670. The average molecular weight is 331 g/mol. The quantitative estimate of drug-likeness (QED) is 0.793. The number of rotatable bonds is 7. The zero-order chi connectivity index (χ0) is 16.7. The summed E-state index contributed by atoms with van der Waals surface area (Å²) in [5.41, 5.74) is 4.57. The van der Waals surface area contributed by atoms with Crippen LogP contribution in [0.5, 0.6) is 0 Å². The van der Waals surface area contributed by atoms with Gasteiger partial charge in [0.2, 0.25) is 5.91 Å². The van der Waals surface area contributed by atoms with Gasteiger partial charge < -0.3 is 10.6 Å². The fourth-order valence-corrected chi connectivity index (χ4v) is 2.70. The minimum atomic E-state index is 0.0176. The largest absolute Gasteiger partial charge is 0.384 e. The average Bonchev–Trinajstić information content (AvgIpc) is 2.55. The molecule has 0 radical (unpaired) electrons. The van der Waals surface area contributed by atoms with Crippen LogP contribution in [0.2, 0.25) is 5.02 Å². The molecule has 2 rings (SSSR count). The number of para-hydroxylation sites is 1. The number of amides is 1. The van der Waals surface area contributed by atoms with Gasteiger partial charge in [-0.2, -0.15) is 0 Å². The summed E-state index contributed by atoms with van der Waals surface area (Å²) < 4.78 is 0. The highest BCUT2D eigenvalue weighted by Gasteiger charge is 2.06. The van der Waals surface area contributed by atoms with E-state index in [0.717, 1.165) is 17.7 Å². The van der Waals surface area contributed by atoms with Gasteiger partial charge in [-0.3, -0.25) is 4.79 Å².